The van der Waals surface area contributed by atoms with Crippen molar-refractivity contribution >= 4 is 10.0 Å². The maximum Gasteiger partial charge on any atom is 0.240 e. The van der Waals surface area contributed by atoms with Crippen LogP contribution in [0.25, 0.3) is 0 Å². The van der Waals surface area contributed by atoms with E-state index in [1.54, 1.807) is 12.1 Å². The third-order valence-corrected chi connectivity index (χ3v) is 4.96. The molecule has 0 radical (unpaired) electrons. The molecule has 1 rings (SSSR count). The second kappa shape index (κ2) is 6.50. The molecule has 0 fully saturated rings. The highest BCUT2D eigenvalue weighted by Crippen LogP contribution is 2.16. The first kappa shape index (κ1) is 16.1. The Morgan fingerprint density at radius 3 is 2.42 bits per heavy atom. The van der Waals surface area contributed by atoms with E-state index in [-0.39, 0.29) is 17.4 Å². The first-order valence-electron chi connectivity index (χ1n) is 6.48. The minimum Gasteiger partial charge on any atom is -0.392 e. The molecule has 19 heavy (non-hydrogen) atoms. The summed E-state index contributed by atoms with van der Waals surface area (Å²) in [6.07, 6.45) is 0. The zero-order valence-electron chi connectivity index (χ0n) is 12.0. The normalized spacial score (nSPS) is 13.8. The lowest BCUT2D eigenvalue weighted by Gasteiger charge is -2.16. The van der Waals surface area contributed by atoms with Crippen molar-refractivity contribution in [2.45, 2.75) is 39.2 Å². The van der Waals surface area contributed by atoms with Crippen molar-refractivity contribution in [2.24, 2.45) is 11.8 Å². The number of nitrogens with one attached hydrogen (secondary N) is 1. The summed E-state index contributed by atoms with van der Waals surface area (Å²) < 4.78 is 26.9. The molecule has 0 bridgehead atoms. The molecule has 108 valence electrons. The molecule has 1 unspecified atom stereocenters. The SMILES string of the molecule is Cc1ccc(S(=O)(=O)NCC(C)C(C)C)cc1CO. The molecule has 0 aromatic heterocycles. The van der Waals surface area contributed by atoms with Gasteiger partial charge in [-0.2, -0.15) is 0 Å². The van der Waals surface area contributed by atoms with Crippen LogP contribution >= 0.6 is 0 Å². The van der Waals surface area contributed by atoms with Crippen molar-refractivity contribution in [3.05, 3.63) is 29.3 Å². The van der Waals surface area contributed by atoms with Gasteiger partial charge in [0.05, 0.1) is 11.5 Å². The van der Waals surface area contributed by atoms with Gasteiger partial charge in [-0.25, -0.2) is 13.1 Å². The summed E-state index contributed by atoms with van der Waals surface area (Å²) in [5.74, 6) is 0.700. The van der Waals surface area contributed by atoms with Gasteiger partial charge in [-0.3, -0.25) is 0 Å². The zero-order chi connectivity index (χ0) is 14.6. The smallest absolute Gasteiger partial charge is 0.240 e. The molecule has 0 spiro atoms. The fraction of sp³-hybridized carbons (Fsp3) is 0.571. The van der Waals surface area contributed by atoms with Gasteiger partial charge in [0.2, 0.25) is 10.0 Å². The molecule has 5 heteroatoms. The maximum absolute atomic E-state index is 12.1. The van der Waals surface area contributed by atoms with E-state index < -0.39 is 10.0 Å². The number of aliphatic hydroxyl groups excluding tert-OH is 1. The van der Waals surface area contributed by atoms with Crippen molar-refractivity contribution in [1.82, 2.24) is 4.72 Å². The Morgan fingerprint density at radius 2 is 1.89 bits per heavy atom. The van der Waals surface area contributed by atoms with E-state index in [4.69, 9.17) is 0 Å². The second-order valence-corrected chi connectivity index (χ2v) is 7.09. The van der Waals surface area contributed by atoms with Crippen LogP contribution in [-0.4, -0.2) is 20.1 Å². The number of benzene rings is 1. The lowest BCUT2D eigenvalue weighted by Crippen LogP contribution is -2.30. The molecule has 1 aromatic carbocycles. The Bertz CT molecular complexity index is 523. The van der Waals surface area contributed by atoms with Crippen LogP contribution in [0.2, 0.25) is 0 Å². The summed E-state index contributed by atoms with van der Waals surface area (Å²) in [6.45, 7) is 8.25. The fourth-order valence-corrected chi connectivity index (χ4v) is 2.74. The number of aliphatic hydroxyl groups is 1. The van der Waals surface area contributed by atoms with E-state index >= 15 is 0 Å². The predicted molar refractivity (Wildman–Crippen MR) is 76.3 cm³/mol. The largest absolute Gasteiger partial charge is 0.392 e. The van der Waals surface area contributed by atoms with Gasteiger partial charge in [-0.15, -0.1) is 0 Å². The molecule has 0 aliphatic carbocycles. The Kier molecular flexibility index (Phi) is 5.52. The highest BCUT2D eigenvalue weighted by atomic mass is 32.2. The number of aryl methyl sites for hydroxylation is 1. The second-order valence-electron chi connectivity index (χ2n) is 5.32. The van der Waals surface area contributed by atoms with Gasteiger partial charge >= 0.3 is 0 Å². The van der Waals surface area contributed by atoms with E-state index in [0.29, 0.717) is 18.0 Å². The lowest BCUT2D eigenvalue weighted by atomic mass is 9.99. The fourth-order valence-electron chi connectivity index (χ4n) is 1.55. The molecule has 1 atom stereocenters. The molecule has 0 aliphatic rings. The quantitative estimate of drug-likeness (QED) is 0.840. The molecule has 2 N–H and O–H groups in total. The van der Waals surface area contributed by atoms with Gasteiger partial charge < -0.3 is 5.11 Å². The topological polar surface area (TPSA) is 66.4 Å². The van der Waals surface area contributed by atoms with Crippen molar-refractivity contribution < 1.29 is 13.5 Å². The molecule has 4 nitrogen and oxygen atoms in total. The van der Waals surface area contributed by atoms with Crippen LogP contribution < -0.4 is 4.72 Å². The van der Waals surface area contributed by atoms with Crippen molar-refractivity contribution in [1.29, 1.82) is 0 Å². The Hall–Kier alpha value is -0.910. The average Bonchev–Trinajstić information content (AvgIpc) is 2.36. The number of hydrogen-bond acceptors (Lipinski definition) is 3. The predicted octanol–water partition coefficient (Wildman–Crippen LogP) is 2.06. The third kappa shape index (κ3) is 4.30. The van der Waals surface area contributed by atoms with Crippen LogP contribution in [0.5, 0.6) is 0 Å². The van der Waals surface area contributed by atoms with Crippen LogP contribution in [0.15, 0.2) is 23.1 Å². The van der Waals surface area contributed by atoms with Crippen molar-refractivity contribution in [3.63, 3.8) is 0 Å². The first-order valence-corrected chi connectivity index (χ1v) is 7.96. The lowest BCUT2D eigenvalue weighted by molar-refractivity contribution is 0.280. The van der Waals surface area contributed by atoms with Gasteiger partial charge in [0, 0.05) is 6.54 Å². The summed E-state index contributed by atoms with van der Waals surface area (Å²) >= 11 is 0. The standard InChI is InChI=1S/C14H23NO3S/c1-10(2)12(4)8-15-19(17,18)14-6-5-11(3)13(7-14)9-16/h5-7,10,12,15-16H,8-9H2,1-4H3. The van der Waals surface area contributed by atoms with Gasteiger partial charge in [0.25, 0.3) is 0 Å². The number of hydrogen-bond donors (Lipinski definition) is 2. The van der Waals surface area contributed by atoms with E-state index in [0.717, 1.165) is 5.56 Å². The molecule has 0 saturated heterocycles. The molecular formula is C14H23NO3S. The highest BCUT2D eigenvalue weighted by Gasteiger charge is 2.17. The summed E-state index contributed by atoms with van der Waals surface area (Å²) in [7, 11) is -3.50. The third-order valence-electron chi connectivity index (χ3n) is 3.53. The van der Waals surface area contributed by atoms with Gasteiger partial charge in [0.15, 0.2) is 0 Å². The maximum atomic E-state index is 12.1. The van der Waals surface area contributed by atoms with E-state index in [2.05, 4.69) is 18.6 Å². The highest BCUT2D eigenvalue weighted by molar-refractivity contribution is 7.89. The summed E-state index contributed by atoms with van der Waals surface area (Å²) in [6, 6.07) is 4.81. The number of rotatable bonds is 6. The minimum atomic E-state index is -3.50. The number of sulfonamides is 1. The van der Waals surface area contributed by atoms with Crippen molar-refractivity contribution in [3.8, 4) is 0 Å². The van der Waals surface area contributed by atoms with E-state index in [9.17, 15) is 13.5 Å². The van der Waals surface area contributed by atoms with Gasteiger partial charge in [-0.1, -0.05) is 26.8 Å². The Labute approximate surface area is 115 Å². The van der Waals surface area contributed by atoms with Crippen LogP contribution in [0, 0.1) is 18.8 Å². The zero-order valence-corrected chi connectivity index (χ0v) is 12.8. The van der Waals surface area contributed by atoms with Crippen LogP contribution in [-0.2, 0) is 16.6 Å². The van der Waals surface area contributed by atoms with Crippen LogP contribution in [0.3, 0.4) is 0 Å². The van der Waals surface area contributed by atoms with E-state index in [1.807, 2.05) is 13.8 Å². The van der Waals surface area contributed by atoms with E-state index in [1.165, 1.54) is 6.07 Å². The molecule has 0 amide bonds. The van der Waals surface area contributed by atoms with Gasteiger partial charge in [-0.05, 0) is 42.0 Å². The summed E-state index contributed by atoms with van der Waals surface area (Å²) in [4.78, 5) is 0.207. The average molecular weight is 285 g/mol. The molecule has 0 heterocycles. The Morgan fingerprint density at radius 1 is 1.26 bits per heavy atom. The molecule has 1 aromatic rings. The summed E-state index contributed by atoms with van der Waals surface area (Å²) in [5.41, 5.74) is 1.52. The first-order chi connectivity index (χ1) is 8.77. The van der Waals surface area contributed by atoms with Crippen LogP contribution in [0.4, 0.5) is 0 Å². The molecular weight excluding hydrogens is 262 g/mol. The van der Waals surface area contributed by atoms with Crippen molar-refractivity contribution in [2.75, 3.05) is 6.54 Å². The van der Waals surface area contributed by atoms with Crippen LogP contribution in [0.1, 0.15) is 31.9 Å². The molecule has 0 aliphatic heterocycles. The summed E-state index contributed by atoms with van der Waals surface area (Å²) in [5, 5.41) is 9.18. The molecule has 0 saturated carbocycles. The van der Waals surface area contributed by atoms with Gasteiger partial charge in [0.1, 0.15) is 0 Å². The monoisotopic (exact) mass is 285 g/mol. The minimum absolute atomic E-state index is 0.155. The Balaban J connectivity index is 2.89.